The van der Waals surface area contributed by atoms with Crippen molar-refractivity contribution < 1.29 is 13.6 Å². The van der Waals surface area contributed by atoms with E-state index in [1.54, 1.807) is 30.3 Å². The zero-order valence-electron chi connectivity index (χ0n) is 17.6. The topological polar surface area (TPSA) is 71.2 Å². The van der Waals surface area contributed by atoms with E-state index in [2.05, 4.69) is 4.98 Å². The Bertz CT molecular complexity index is 1310. The summed E-state index contributed by atoms with van der Waals surface area (Å²) >= 11 is 0. The molecule has 1 fully saturated rings. The van der Waals surface area contributed by atoms with Crippen LogP contribution in [0.1, 0.15) is 31.1 Å². The highest BCUT2D eigenvalue weighted by atomic mass is 19.1. The van der Waals surface area contributed by atoms with Crippen LogP contribution in [0, 0.1) is 5.82 Å². The van der Waals surface area contributed by atoms with Crippen LogP contribution in [-0.4, -0.2) is 33.4 Å². The van der Waals surface area contributed by atoms with E-state index in [4.69, 9.17) is 4.42 Å². The number of nitrogens with zero attached hydrogens (tertiary/aromatic N) is 2. The second-order valence-corrected chi connectivity index (χ2v) is 8.18. The number of carbonyl (C=O) groups is 1. The molecule has 0 bridgehead atoms. The average Bonchev–Trinajstić information content (AvgIpc) is 3.41. The Morgan fingerprint density at radius 1 is 1.03 bits per heavy atom. The molecule has 2 aromatic heterocycles. The van der Waals surface area contributed by atoms with Gasteiger partial charge >= 0.3 is 5.69 Å². The van der Waals surface area contributed by atoms with Crippen molar-refractivity contribution in [1.29, 1.82) is 0 Å². The van der Waals surface area contributed by atoms with Crippen molar-refractivity contribution in [2.45, 2.75) is 31.7 Å². The van der Waals surface area contributed by atoms with Crippen molar-refractivity contribution >= 4 is 16.9 Å². The Kier molecular flexibility index (Phi) is 5.39. The molecule has 32 heavy (non-hydrogen) atoms. The van der Waals surface area contributed by atoms with Crippen molar-refractivity contribution in [3.05, 3.63) is 82.7 Å². The lowest BCUT2D eigenvalue weighted by Crippen LogP contribution is -2.40. The number of H-pyrrole nitrogens is 1. The van der Waals surface area contributed by atoms with Gasteiger partial charge in [0.05, 0.1) is 16.6 Å². The first-order valence-electron chi connectivity index (χ1n) is 10.9. The zero-order valence-corrected chi connectivity index (χ0v) is 17.6. The number of aromatic nitrogens is 2. The van der Waals surface area contributed by atoms with Crippen molar-refractivity contribution in [3.8, 4) is 11.3 Å². The van der Waals surface area contributed by atoms with Crippen molar-refractivity contribution in [2.75, 3.05) is 13.1 Å². The lowest BCUT2D eigenvalue weighted by molar-refractivity contribution is -0.132. The Labute approximate surface area is 184 Å². The van der Waals surface area contributed by atoms with Gasteiger partial charge in [-0.15, -0.1) is 0 Å². The van der Waals surface area contributed by atoms with Gasteiger partial charge in [-0.1, -0.05) is 24.3 Å². The van der Waals surface area contributed by atoms with Crippen LogP contribution in [-0.2, 0) is 11.2 Å². The van der Waals surface area contributed by atoms with Gasteiger partial charge in [0.1, 0.15) is 17.3 Å². The molecule has 0 atom stereocenters. The van der Waals surface area contributed by atoms with Gasteiger partial charge in [-0.05, 0) is 49.2 Å². The number of amides is 1. The van der Waals surface area contributed by atoms with Crippen LogP contribution in [0.15, 0.2) is 69.9 Å². The van der Waals surface area contributed by atoms with Gasteiger partial charge in [0.2, 0.25) is 5.91 Å². The number of rotatable bonds is 5. The third-order valence-electron chi connectivity index (χ3n) is 6.19. The molecule has 0 unspecified atom stereocenters. The maximum absolute atomic E-state index is 13.9. The molecule has 2 aromatic carbocycles. The fraction of sp³-hybridized carbons (Fsp3) is 0.280. The van der Waals surface area contributed by atoms with Crippen molar-refractivity contribution in [2.24, 2.45) is 0 Å². The number of piperidine rings is 1. The van der Waals surface area contributed by atoms with Gasteiger partial charge in [-0.3, -0.25) is 9.36 Å². The Morgan fingerprint density at radius 2 is 1.78 bits per heavy atom. The van der Waals surface area contributed by atoms with Crippen LogP contribution >= 0.6 is 0 Å². The minimum absolute atomic E-state index is 0.0681. The van der Waals surface area contributed by atoms with E-state index >= 15 is 0 Å². The minimum Gasteiger partial charge on any atom is -0.461 e. The van der Waals surface area contributed by atoms with Gasteiger partial charge in [-0.25, -0.2) is 9.18 Å². The molecule has 1 aliphatic heterocycles. The standard InChI is InChI=1S/C25H24FN3O3/c26-20-6-2-1-5-19(20)23-11-9-18(32-23)10-12-24(30)28-15-13-17(14-16-28)29-22-8-4-3-7-21(22)27-25(29)31/h1-9,11,17H,10,12-16H2,(H,27,31). The first kappa shape index (κ1) is 20.3. The fourth-order valence-corrected chi connectivity index (χ4v) is 4.52. The summed E-state index contributed by atoms with van der Waals surface area (Å²) in [6.07, 6.45) is 2.29. The molecule has 7 heteroatoms. The normalized spacial score (nSPS) is 14.8. The van der Waals surface area contributed by atoms with E-state index < -0.39 is 0 Å². The van der Waals surface area contributed by atoms with E-state index in [-0.39, 0.29) is 23.5 Å². The van der Waals surface area contributed by atoms with Crippen LogP contribution in [0.3, 0.4) is 0 Å². The van der Waals surface area contributed by atoms with Crippen molar-refractivity contribution in [1.82, 2.24) is 14.5 Å². The summed E-state index contributed by atoms with van der Waals surface area (Å²) in [7, 11) is 0. The molecule has 0 spiro atoms. The Morgan fingerprint density at radius 3 is 2.59 bits per heavy atom. The van der Waals surface area contributed by atoms with Crippen LogP contribution in [0.25, 0.3) is 22.4 Å². The molecule has 0 radical (unpaired) electrons. The maximum atomic E-state index is 13.9. The van der Waals surface area contributed by atoms with Crippen LogP contribution < -0.4 is 5.69 Å². The number of hydrogen-bond acceptors (Lipinski definition) is 3. The maximum Gasteiger partial charge on any atom is 0.326 e. The van der Waals surface area contributed by atoms with Gasteiger partial charge in [0.25, 0.3) is 0 Å². The summed E-state index contributed by atoms with van der Waals surface area (Å²) in [6, 6.07) is 17.8. The first-order valence-corrected chi connectivity index (χ1v) is 10.9. The molecule has 1 N–H and O–H groups in total. The van der Waals surface area contributed by atoms with Crippen LogP contribution in [0.4, 0.5) is 4.39 Å². The number of fused-ring (bicyclic) bond motifs is 1. The number of para-hydroxylation sites is 2. The number of benzene rings is 2. The number of carbonyl (C=O) groups excluding carboxylic acids is 1. The smallest absolute Gasteiger partial charge is 0.326 e. The lowest BCUT2D eigenvalue weighted by atomic mass is 10.0. The van der Waals surface area contributed by atoms with Gasteiger partial charge in [-0.2, -0.15) is 0 Å². The third-order valence-corrected chi connectivity index (χ3v) is 6.19. The molecule has 0 aliphatic carbocycles. The molecule has 4 aromatic rings. The van der Waals surface area contributed by atoms with Crippen molar-refractivity contribution in [3.63, 3.8) is 0 Å². The summed E-state index contributed by atoms with van der Waals surface area (Å²) in [5.74, 6) is 0.868. The highest BCUT2D eigenvalue weighted by molar-refractivity contribution is 5.77. The second kappa shape index (κ2) is 8.49. The van der Waals surface area contributed by atoms with Crippen LogP contribution in [0.2, 0.25) is 0 Å². The number of halogens is 1. The average molecular weight is 433 g/mol. The zero-order chi connectivity index (χ0) is 22.1. The monoisotopic (exact) mass is 433 g/mol. The quantitative estimate of drug-likeness (QED) is 0.503. The van der Waals surface area contributed by atoms with E-state index in [0.717, 1.165) is 23.9 Å². The molecule has 1 aliphatic rings. The Hall–Kier alpha value is -3.61. The number of nitrogens with one attached hydrogen (secondary N) is 1. The largest absolute Gasteiger partial charge is 0.461 e. The number of hydrogen-bond donors (Lipinski definition) is 1. The summed E-state index contributed by atoms with van der Waals surface area (Å²) in [5.41, 5.74) is 2.06. The molecular formula is C25H24FN3O3. The molecule has 5 rings (SSSR count). The second-order valence-electron chi connectivity index (χ2n) is 8.18. The molecular weight excluding hydrogens is 409 g/mol. The predicted octanol–water partition coefficient (Wildman–Crippen LogP) is 4.53. The van der Waals surface area contributed by atoms with Gasteiger partial charge in [0, 0.05) is 32.0 Å². The predicted molar refractivity (Wildman–Crippen MR) is 120 cm³/mol. The highest BCUT2D eigenvalue weighted by Gasteiger charge is 2.26. The van der Waals surface area contributed by atoms with E-state index in [1.165, 1.54) is 6.07 Å². The summed E-state index contributed by atoms with van der Waals surface area (Å²) in [4.78, 5) is 29.9. The molecule has 1 saturated heterocycles. The highest BCUT2D eigenvalue weighted by Crippen LogP contribution is 2.27. The fourth-order valence-electron chi connectivity index (χ4n) is 4.52. The van der Waals surface area contributed by atoms with E-state index in [0.29, 0.717) is 43.0 Å². The molecule has 3 heterocycles. The summed E-state index contributed by atoms with van der Waals surface area (Å²) < 4.78 is 21.5. The number of furan rings is 1. The van der Waals surface area contributed by atoms with Gasteiger partial charge < -0.3 is 14.3 Å². The minimum atomic E-state index is -0.332. The summed E-state index contributed by atoms with van der Waals surface area (Å²) in [5, 5.41) is 0. The van der Waals surface area contributed by atoms with E-state index in [9.17, 15) is 14.0 Å². The third kappa shape index (κ3) is 3.86. The molecule has 6 nitrogen and oxygen atoms in total. The molecule has 164 valence electrons. The SMILES string of the molecule is O=C(CCc1ccc(-c2ccccc2F)o1)N1CCC(n2c(=O)[nH]c3ccccc32)CC1. The molecule has 0 saturated carbocycles. The van der Waals surface area contributed by atoms with Crippen LogP contribution in [0.5, 0.6) is 0 Å². The lowest BCUT2D eigenvalue weighted by Gasteiger charge is -2.32. The Balaban J connectivity index is 1.18. The first-order chi connectivity index (χ1) is 15.6. The number of aryl methyl sites for hydroxylation is 1. The molecule has 1 amide bonds. The number of imidazole rings is 1. The number of aromatic amines is 1. The number of likely N-dealkylation sites (tertiary alicyclic amines) is 1. The van der Waals surface area contributed by atoms with Gasteiger partial charge in [0.15, 0.2) is 0 Å². The van der Waals surface area contributed by atoms with E-state index in [1.807, 2.05) is 33.7 Å². The summed E-state index contributed by atoms with van der Waals surface area (Å²) in [6.45, 7) is 1.24.